The van der Waals surface area contributed by atoms with Crippen LogP contribution in [0.15, 0.2) is 0 Å². The van der Waals surface area contributed by atoms with Crippen LogP contribution < -0.4 is 5.73 Å². The maximum atomic E-state index is 10.9. The monoisotopic (exact) mass is 238 g/mol. The van der Waals surface area contributed by atoms with Crippen molar-refractivity contribution in [2.45, 2.75) is 57.7 Å². The van der Waals surface area contributed by atoms with Crippen LogP contribution in [0.1, 0.15) is 40.5 Å². The Balaban J connectivity index is 2.89. The van der Waals surface area contributed by atoms with E-state index in [1.807, 2.05) is 0 Å². The van der Waals surface area contributed by atoms with E-state index in [0.29, 0.717) is 6.54 Å². The van der Waals surface area contributed by atoms with Crippen molar-refractivity contribution in [2.75, 3.05) is 6.54 Å². The fourth-order valence-electron chi connectivity index (χ4n) is 2.99. The lowest BCUT2D eigenvalue weighted by Crippen LogP contribution is -2.62. The largest absolute Gasteiger partial charge is 0.446 e. The van der Waals surface area contributed by atoms with Gasteiger partial charge in [-0.1, -0.05) is 5.92 Å². The van der Waals surface area contributed by atoms with Crippen LogP contribution in [-0.2, 0) is 4.74 Å². The number of nitrogens with zero attached hydrogens (tertiary/aromatic N) is 1. The van der Waals surface area contributed by atoms with Crippen LogP contribution in [0.3, 0.4) is 0 Å². The van der Waals surface area contributed by atoms with E-state index in [1.54, 1.807) is 0 Å². The highest BCUT2D eigenvalue weighted by atomic mass is 16.6. The van der Waals surface area contributed by atoms with Crippen molar-refractivity contribution in [3.63, 3.8) is 0 Å². The summed E-state index contributed by atoms with van der Waals surface area (Å²) in [6.45, 7) is 9.06. The van der Waals surface area contributed by atoms with Gasteiger partial charge in [0, 0.05) is 23.9 Å². The third-order valence-electron chi connectivity index (χ3n) is 3.45. The number of carbonyl (C=O) groups excluding carboxylic acids is 1. The molecule has 4 heteroatoms. The minimum absolute atomic E-state index is 0.103. The number of likely N-dealkylation sites (tertiary alicyclic amines) is 1. The van der Waals surface area contributed by atoms with Gasteiger partial charge in [0.15, 0.2) is 0 Å². The highest BCUT2D eigenvalue weighted by molar-refractivity contribution is 5.64. The Kier molecular flexibility index (Phi) is 3.73. The summed E-state index contributed by atoms with van der Waals surface area (Å²) >= 11 is 0. The van der Waals surface area contributed by atoms with Crippen molar-refractivity contribution in [3.05, 3.63) is 0 Å². The molecule has 2 N–H and O–H groups in total. The van der Waals surface area contributed by atoms with Crippen molar-refractivity contribution in [2.24, 2.45) is 5.73 Å². The molecule has 1 aliphatic rings. The van der Waals surface area contributed by atoms with Crippen LogP contribution in [0.5, 0.6) is 0 Å². The molecule has 1 aliphatic heterocycles. The molecule has 0 aromatic rings. The van der Waals surface area contributed by atoms with Crippen molar-refractivity contribution in [1.29, 1.82) is 0 Å². The molecule has 0 bridgehead atoms. The zero-order valence-electron chi connectivity index (χ0n) is 11.1. The topological polar surface area (TPSA) is 55.6 Å². The van der Waals surface area contributed by atoms with E-state index >= 15 is 0 Å². The number of primary amides is 1. The average Bonchev–Trinajstić information content (AvgIpc) is 2.08. The highest BCUT2D eigenvalue weighted by Crippen LogP contribution is 2.39. The number of hydrogen-bond acceptors (Lipinski definition) is 3. The molecular formula is C13H22N2O2. The number of carbonyl (C=O) groups is 1. The van der Waals surface area contributed by atoms with E-state index < -0.39 is 6.09 Å². The zero-order chi connectivity index (χ0) is 13.3. The molecule has 1 fully saturated rings. The van der Waals surface area contributed by atoms with Gasteiger partial charge in [0.25, 0.3) is 0 Å². The van der Waals surface area contributed by atoms with Gasteiger partial charge in [0.2, 0.25) is 0 Å². The second kappa shape index (κ2) is 4.58. The number of rotatable bonds is 2. The highest BCUT2D eigenvalue weighted by Gasteiger charge is 2.45. The predicted molar refractivity (Wildman–Crippen MR) is 67.4 cm³/mol. The molecule has 1 heterocycles. The van der Waals surface area contributed by atoms with Crippen molar-refractivity contribution in [1.82, 2.24) is 4.90 Å². The van der Waals surface area contributed by atoms with E-state index in [-0.39, 0.29) is 17.2 Å². The molecule has 0 unspecified atom stereocenters. The smallest absolute Gasteiger partial charge is 0.404 e. The van der Waals surface area contributed by atoms with E-state index in [0.717, 1.165) is 12.8 Å². The molecular weight excluding hydrogens is 216 g/mol. The van der Waals surface area contributed by atoms with E-state index in [2.05, 4.69) is 38.5 Å². The van der Waals surface area contributed by atoms with Gasteiger partial charge in [-0.25, -0.2) is 4.79 Å². The van der Waals surface area contributed by atoms with Gasteiger partial charge >= 0.3 is 6.09 Å². The first-order valence-corrected chi connectivity index (χ1v) is 5.86. The van der Waals surface area contributed by atoms with Crippen LogP contribution in [-0.4, -0.2) is 34.7 Å². The molecule has 0 spiro atoms. The Morgan fingerprint density at radius 2 is 1.88 bits per heavy atom. The molecule has 4 nitrogen and oxygen atoms in total. The standard InChI is InChI=1S/C13H22N2O2/c1-6-7-15-12(2,3)8-10(17-11(14)16)9-13(15,4)5/h1,10H,7-9H2,2-5H3,(H2,14,16). The predicted octanol–water partition coefficient (Wildman–Crippen LogP) is 1.74. The molecule has 0 aliphatic carbocycles. The van der Waals surface area contributed by atoms with Gasteiger partial charge in [0.1, 0.15) is 6.10 Å². The first kappa shape index (κ1) is 13.9. The molecule has 0 aromatic heterocycles. The second-order valence-electron chi connectivity index (χ2n) is 5.88. The minimum Gasteiger partial charge on any atom is -0.446 e. The molecule has 0 radical (unpaired) electrons. The number of ether oxygens (including phenoxy) is 1. The molecule has 1 saturated heterocycles. The van der Waals surface area contributed by atoms with Gasteiger partial charge in [-0.05, 0) is 27.7 Å². The SMILES string of the molecule is C#CCN1C(C)(C)CC(OC(N)=O)CC1(C)C. The Morgan fingerprint density at radius 3 is 2.24 bits per heavy atom. The number of piperidine rings is 1. The summed E-state index contributed by atoms with van der Waals surface area (Å²) in [6, 6.07) is 0. The van der Waals surface area contributed by atoms with Crippen LogP contribution in [0.4, 0.5) is 4.79 Å². The number of terminal acetylenes is 1. The minimum atomic E-state index is -0.702. The molecule has 0 aromatic carbocycles. The zero-order valence-corrected chi connectivity index (χ0v) is 11.1. The first-order valence-electron chi connectivity index (χ1n) is 5.86. The van der Waals surface area contributed by atoms with Gasteiger partial charge in [-0.2, -0.15) is 0 Å². The number of amides is 1. The number of hydrogen-bond donors (Lipinski definition) is 1. The molecule has 0 saturated carbocycles. The Bertz CT molecular complexity index is 324. The average molecular weight is 238 g/mol. The lowest BCUT2D eigenvalue weighted by Gasteiger charge is -2.54. The second-order valence-corrected chi connectivity index (χ2v) is 5.88. The third kappa shape index (κ3) is 3.13. The van der Waals surface area contributed by atoms with Crippen LogP contribution in [0.25, 0.3) is 0 Å². The third-order valence-corrected chi connectivity index (χ3v) is 3.45. The van der Waals surface area contributed by atoms with E-state index in [4.69, 9.17) is 16.9 Å². The van der Waals surface area contributed by atoms with E-state index in [9.17, 15) is 4.79 Å². The van der Waals surface area contributed by atoms with Gasteiger partial charge < -0.3 is 10.5 Å². The quantitative estimate of drug-likeness (QED) is 0.745. The fourth-order valence-corrected chi connectivity index (χ4v) is 2.99. The lowest BCUT2D eigenvalue weighted by molar-refractivity contribution is -0.0745. The summed E-state index contributed by atoms with van der Waals surface area (Å²) < 4.78 is 5.15. The summed E-state index contributed by atoms with van der Waals surface area (Å²) in [4.78, 5) is 13.1. The van der Waals surface area contributed by atoms with Gasteiger partial charge in [-0.3, -0.25) is 4.90 Å². The molecule has 0 atom stereocenters. The molecule has 96 valence electrons. The summed E-state index contributed by atoms with van der Waals surface area (Å²) in [6.07, 6.45) is 6.09. The Labute approximate surface area is 103 Å². The fraction of sp³-hybridized carbons (Fsp3) is 0.769. The maximum Gasteiger partial charge on any atom is 0.404 e. The lowest BCUT2D eigenvalue weighted by atomic mass is 9.78. The first-order chi connectivity index (χ1) is 7.69. The van der Waals surface area contributed by atoms with Crippen molar-refractivity contribution in [3.8, 4) is 12.3 Å². The molecule has 17 heavy (non-hydrogen) atoms. The normalized spacial score (nSPS) is 23.9. The number of nitrogens with two attached hydrogens (primary N) is 1. The van der Waals surface area contributed by atoms with Gasteiger partial charge in [-0.15, -0.1) is 6.42 Å². The summed E-state index contributed by atoms with van der Waals surface area (Å²) in [5.41, 5.74) is 4.88. The maximum absolute atomic E-state index is 10.9. The van der Waals surface area contributed by atoms with E-state index in [1.165, 1.54) is 0 Å². The Hall–Kier alpha value is -1.21. The van der Waals surface area contributed by atoms with Crippen molar-refractivity contribution >= 4 is 6.09 Å². The summed E-state index contributed by atoms with van der Waals surface area (Å²) in [5.74, 6) is 2.70. The van der Waals surface area contributed by atoms with Gasteiger partial charge in [0.05, 0.1) is 6.54 Å². The summed E-state index contributed by atoms with van der Waals surface area (Å²) in [7, 11) is 0. The van der Waals surface area contributed by atoms with Crippen LogP contribution in [0.2, 0.25) is 0 Å². The Morgan fingerprint density at radius 1 is 1.41 bits per heavy atom. The van der Waals surface area contributed by atoms with Crippen molar-refractivity contribution < 1.29 is 9.53 Å². The van der Waals surface area contributed by atoms with Crippen LogP contribution >= 0.6 is 0 Å². The summed E-state index contributed by atoms with van der Waals surface area (Å²) in [5, 5.41) is 0. The molecule has 1 amide bonds. The molecule has 1 rings (SSSR count). The van der Waals surface area contributed by atoms with Crippen LogP contribution in [0, 0.1) is 12.3 Å².